The quantitative estimate of drug-likeness (QED) is 0.874. The molecule has 1 atom stereocenters. The monoisotopic (exact) mass is 282 g/mol. The maximum atomic E-state index is 5.88. The Hall–Kier alpha value is -2.00. The first kappa shape index (κ1) is 14.0. The third-order valence-corrected chi connectivity index (χ3v) is 4.31. The van der Waals surface area contributed by atoms with E-state index in [4.69, 9.17) is 10.5 Å². The smallest absolute Gasteiger partial charge is 0.119 e. The van der Waals surface area contributed by atoms with Crippen molar-refractivity contribution in [1.82, 2.24) is 4.90 Å². The van der Waals surface area contributed by atoms with Crippen LogP contribution >= 0.6 is 0 Å². The van der Waals surface area contributed by atoms with Crippen LogP contribution in [0.2, 0.25) is 0 Å². The molecule has 2 aromatic rings. The minimum absolute atomic E-state index is 0.479. The summed E-state index contributed by atoms with van der Waals surface area (Å²) in [6.45, 7) is 0.922. The Morgan fingerprint density at radius 2 is 2.10 bits per heavy atom. The van der Waals surface area contributed by atoms with Crippen LogP contribution in [0.15, 0.2) is 42.5 Å². The van der Waals surface area contributed by atoms with Gasteiger partial charge in [-0.3, -0.25) is 4.90 Å². The lowest BCUT2D eigenvalue weighted by atomic mass is 10.1. The van der Waals surface area contributed by atoms with Crippen LogP contribution in [0.4, 0.5) is 5.69 Å². The van der Waals surface area contributed by atoms with E-state index in [9.17, 15) is 0 Å². The summed E-state index contributed by atoms with van der Waals surface area (Å²) in [5.41, 5.74) is 10.9. The molecular formula is C18H22N2O. The summed E-state index contributed by atoms with van der Waals surface area (Å²) in [5.74, 6) is 0.917. The van der Waals surface area contributed by atoms with Crippen LogP contribution in [0.3, 0.4) is 0 Å². The molecule has 0 spiro atoms. The molecule has 3 nitrogen and oxygen atoms in total. The molecule has 1 aliphatic rings. The number of nitrogen functional groups attached to an aromatic ring is 1. The minimum atomic E-state index is 0.479. The van der Waals surface area contributed by atoms with Gasteiger partial charge in [0, 0.05) is 18.3 Å². The average molecular weight is 282 g/mol. The molecule has 0 saturated carbocycles. The number of nitrogens with two attached hydrogens (primary N) is 1. The number of methoxy groups -OCH3 is 1. The lowest BCUT2D eigenvalue weighted by Crippen LogP contribution is -2.22. The second kappa shape index (κ2) is 5.78. The Bertz CT molecular complexity index is 639. The fourth-order valence-corrected chi connectivity index (χ4v) is 3.24. The molecule has 0 bridgehead atoms. The van der Waals surface area contributed by atoms with E-state index in [0.717, 1.165) is 24.4 Å². The molecule has 0 amide bonds. The molecule has 21 heavy (non-hydrogen) atoms. The van der Waals surface area contributed by atoms with E-state index in [1.807, 2.05) is 18.2 Å². The van der Waals surface area contributed by atoms with Crippen molar-refractivity contribution >= 4 is 5.69 Å². The van der Waals surface area contributed by atoms with E-state index in [2.05, 4.69) is 36.2 Å². The Labute approximate surface area is 126 Å². The summed E-state index contributed by atoms with van der Waals surface area (Å²) in [6.07, 6.45) is 2.28. The maximum Gasteiger partial charge on any atom is 0.119 e. The third-order valence-electron chi connectivity index (χ3n) is 4.31. The fourth-order valence-electron chi connectivity index (χ4n) is 3.24. The molecule has 2 aromatic carbocycles. The topological polar surface area (TPSA) is 38.5 Å². The van der Waals surface area contributed by atoms with Gasteiger partial charge >= 0.3 is 0 Å². The second-order valence-corrected chi connectivity index (χ2v) is 5.78. The lowest BCUT2D eigenvalue weighted by Gasteiger charge is -2.25. The van der Waals surface area contributed by atoms with E-state index >= 15 is 0 Å². The Kier molecular flexibility index (Phi) is 3.84. The van der Waals surface area contributed by atoms with Crippen LogP contribution in [0.25, 0.3) is 0 Å². The van der Waals surface area contributed by atoms with Crippen molar-refractivity contribution in [3.63, 3.8) is 0 Å². The number of fused-ring (bicyclic) bond motifs is 1. The van der Waals surface area contributed by atoms with Crippen LogP contribution in [-0.2, 0) is 13.0 Å². The van der Waals surface area contributed by atoms with Crippen molar-refractivity contribution in [3.8, 4) is 5.75 Å². The summed E-state index contributed by atoms with van der Waals surface area (Å²) < 4.78 is 5.30. The van der Waals surface area contributed by atoms with Crippen molar-refractivity contribution in [2.24, 2.45) is 0 Å². The largest absolute Gasteiger partial charge is 0.497 e. The van der Waals surface area contributed by atoms with Gasteiger partial charge in [-0.2, -0.15) is 0 Å². The number of benzene rings is 2. The Morgan fingerprint density at radius 3 is 2.90 bits per heavy atom. The summed E-state index contributed by atoms with van der Waals surface area (Å²) in [6, 6.07) is 15.1. The zero-order chi connectivity index (χ0) is 14.8. The predicted molar refractivity (Wildman–Crippen MR) is 86.4 cm³/mol. The van der Waals surface area contributed by atoms with Crippen LogP contribution < -0.4 is 10.5 Å². The molecule has 0 heterocycles. The molecule has 1 aliphatic carbocycles. The first-order valence-electron chi connectivity index (χ1n) is 7.39. The molecule has 0 saturated heterocycles. The maximum absolute atomic E-state index is 5.88. The van der Waals surface area contributed by atoms with Crippen LogP contribution in [0.1, 0.15) is 29.2 Å². The zero-order valence-corrected chi connectivity index (χ0v) is 12.7. The number of nitrogens with zero attached hydrogens (tertiary/aromatic N) is 1. The third kappa shape index (κ3) is 2.88. The molecule has 2 N–H and O–H groups in total. The molecule has 0 aromatic heterocycles. The van der Waals surface area contributed by atoms with Crippen molar-refractivity contribution < 1.29 is 4.74 Å². The molecule has 3 rings (SSSR count). The number of ether oxygens (including phenoxy) is 1. The number of anilines is 1. The molecule has 0 fully saturated rings. The fraction of sp³-hybridized carbons (Fsp3) is 0.333. The molecule has 3 heteroatoms. The van der Waals surface area contributed by atoms with Gasteiger partial charge in [0.05, 0.1) is 7.11 Å². The predicted octanol–water partition coefficient (Wildman–Crippen LogP) is 3.40. The average Bonchev–Trinajstić information content (AvgIpc) is 2.90. The van der Waals surface area contributed by atoms with Crippen LogP contribution in [0.5, 0.6) is 5.75 Å². The first-order valence-corrected chi connectivity index (χ1v) is 7.39. The van der Waals surface area contributed by atoms with Gasteiger partial charge in [0.2, 0.25) is 0 Å². The van der Waals surface area contributed by atoms with Crippen molar-refractivity contribution in [1.29, 1.82) is 0 Å². The number of hydrogen-bond acceptors (Lipinski definition) is 3. The molecule has 110 valence electrons. The number of aryl methyl sites for hydroxylation is 1. The minimum Gasteiger partial charge on any atom is -0.497 e. The molecule has 1 unspecified atom stereocenters. The summed E-state index contributed by atoms with van der Waals surface area (Å²) in [5, 5.41) is 0. The van der Waals surface area contributed by atoms with Gasteiger partial charge < -0.3 is 10.5 Å². The Morgan fingerprint density at radius 1 is 1.24 bits per heavy atom. The van der Waals surface area contributed by atoms with Crippen molar-refractivity contribution in [2.45, 2.75) is 25.4 Å². The van der Waals surface area contributed by atoms with E-state index in [0.29, 0.717) is 6.04 Å². The van der Waals surface area contributed by atoms with Gasteiger partial charge in [-0.1, -0.05) is 18.2 Å². The van der Waals surface area contributed by atoms with Crippen LogP contribution in [0, 0.1) is 0 Å². The van der Waals surface area contributed by atoms with Gasteiger partial charge in [-0.15, -0.1) is 0 Å². The Balaban J connectivity index is 1.76. The van der Waals surface area contributed by atoms with E-state index in [-0.39, 0.29) is 0 Å². The number of rotatable bonds is 4. The summed E-state index contributed by atoms with van der Waals surface area (Å²) in [7, 11) is 3.90. The summed E-state index contributed by atoms with van der Waals surface area (Å²) >= 11 is 0. The van der Waals surface area contributed by atoms with Crippen LogP contribution in [-0.4, -0.2) is 19.1 Å². The SMILES string of the molecule is COc1cccc(CN(C)C2CCc3cc(N)ccc32)c1. The van der Waals surface area contributed by atoms with E-state index in [1.165, 1.54) is 23.1 Å². The van der Waals surface area contributed by atoms with Crippen molar-refractivity contribution in [2.75, 3.05) is 19.9 Å². The van der Waals surface area contributed by atoms with E-state index < -0.39 is 0 Å². The number of hydrogen-bond donors (Lipinski definition) is 1. The highest BCUT2D eigenvalue weighted by atomic mass is 16.5. The van der Waals surface area contributed by atoms with Crippen molar-refractivity contribution in [3.05, 3.63) is 59.2 Å². The second-order valence-electron chi connectivity index (χ2n) is 5.78. The summed E-state index contributed by atoms with van der Waals surface area (Å²) in [4.78, 5) is 2.41. The zero-order valence-electron chi connectivity index (χ0n) is 12.7. The highest BCUT2D eigenvalue weighted by molar-refractivity contribution is 5.47. The molecular weight excluding hydrogens is 260 g/mol. The lowest BCUT2D eigenvalue weighted by molar-refractivity contribution is 0.235. The van der Waals surface area contributed by atoms with E-state index in [1.54, 1.807) is 7.11 Å². The van der Waals surface area contributed by atoms with Gasteiger partial charge in [0.15, 0.2) is 0 Å². The van der Waals surface area contributed by atoms with Gasteiger partial charge in [0.1, 0.15) is 5.75 Å². The van der Waals surface area contributed by atoms with Gasteiger partial charge in [-0.25, -0.2) is 0 Å². The van der Waals surface area contributed by atoms with Gasteiger partial charge in [-0.05, 0) is 60.8 Å². The highest BCUT2D eigenvalue weighted by Gasteiger charge is 2.25. The molecule has 0 radical (unpaired) electrons. The molecule has 0 aliphatic heterocycles. The standard InChI is InChI=1S/C18H22N2O/c1-20(12-13-4-3-5-16(10-13)21-2)18-9-6-14-11-15(19)7-8-17(14)18/h3-5,7-8,10-11,18H,6,9,12,19H2,1-2H3. The first-order chi connectivity index (χ1) is 10.2. The van der Waals surface area contributed by atoms with Gasteiger partial charge in [0.25, 0.3) is 0 Å². The highest BCUT2D eigenvalue weighted by Crippen LogP contribution is 2.36. The normalized spacial score (nSPS) is 17.0.